The second-order valence-electron chi connectivity index (χ2n) is 12.5. The standard InChI is InChI=1S/C46H32N2O3/c1-50-38-25-39(51-2)45(43-36-21-9-5-17-32(36)41(29-14-12-24-48-27-29)33-18-6-10-22-37(33)43)46(49)44(38)42-34-19-7-3-15-30(34)40(28-13-11-23-47-26-28)31-16-4-8-20-35(31)42/h3-27,49H,1-2H3. The van der Waals surface area contributed by atoms with E-state index in [0.29, 0.717) is 22.6 Å². The molecule has 0 spiro atoms. The summed E-state index contributed by atoms with van der Waals surface area (Å²) >= 11 is 0. The second kappa shape index (κ2) is 12.3. The Labute approximate surface area is 295 Å². The van der Waals surface area contributed by atoms with Crippen molar-refractivity contribution in [3.8, 4) is 61.8 Å². The van der Waals surface area contributed by atoms with Crippen LogP contribution in [0, 0.1) is 0 Å². The fourth-order valence-electron chi connectivity index (χ4n) is 7.87. The lowest BCUT2D eigenvalue weighted by Crippen LogP contribution is -1.99. The Bertz CT molecular complexity index is 2480. The summed E-state index contributed by atoms with van der Waals surface area (Å²) in [4.78, 5) is 8.92. The first-order valence-corrected chi connectivity index (χ1v) is 16.9. The molecule has 0 saturated heterocycles. The number of aromatic nitrogens is 2. The van der Waals surface area contributed by atoms with E-state index in [1.807, 2.05) is 54.9 Å². The van der Waals surface area contributed by atoms with Gasteiger partial charge in [0.2, 0.25) is 0 Å². The summed E-state index contributed by atoms with van der Waals surface area (Å²) in [5, 5.41) is 21.1. The molecule has 0 bridgehead atoms. The zero-order chi connectivity index (χ0) is 34.5. The minimum Gasteiger partial charge on any atom is -0.506 e. The van der Waals surface area contributed by atoms with Crippen molar-refractivity contribution in [1.29, 1.82) is 0 Å². The van der Waals surface area contributed by atoms with E-state index in [9.17, 15) is 5.11 Å². The highest BCUT2D eigenvalue weighted by molar-refractivity contribution is 6.25. The number of ether oxygens (including phenoxy) is 2. The van der Waals surface area contributed by atoms with Gasteiger partial charge in [0, 0.05) is 53.1 Å². The van der Waals surface area contributed by atoms with Crippen LogP contribution in [0.2, 0.25) is 0 Å². The van der Waals surface area contributed by atoms with Gasteiger partial charge in [0.25, 0.3) is 0 Å². The topological polar surface area (TPSA) is 64.5 Å². The Morgan fingerprint density at radius 3 is 0.980 bits per heavy atom. The molecule has 9 rings (SSSR count). The van der Waals surface area contributed by atoms with E-state index in [1.54, 1.807) is 26.6 Å². The number of phenolic OH excluding ortho intramolecular Hbond substituents is 1. The molecule has 5 nitrogen and oxygen atoms in total. The lowest BCUT2D eigenvalue weighted by molar-refractivity contribution is 0.388. The monoisotopic (exact) mass is 660 g/mol. The first kappa shape index (κ1) is 30.3. The molecule has 7 aromatic carbocycles. The molecule has 0 amide bonds. The third-order valence-electron chi connectivity index (χ3n) is 9.93. The number of hydrogen-bond acceptors (Lipinski definition) is 5. The second-order valence-corrected chi connectivity index (χ2v) is 12.5. The van der Waals surface area contributed by atoms with Gasteiger partial charge in [0.1, 0.15) is 17.2 Å². The van der Waals surface area contributed by atoms with Crippen LogP contribution < -0.4 is 9.47 Å². The number of aromatic hydroxyl groups is 1. The summed E-state index contributed by atoms with van der Waals surface area (Å²) < 4.78 is 12.2. The molecular formula is C46H32N2O3. The average Bonchev–Trinajstić information content (AvgIpc) is 3.19. The molecule has 0 aliphatic heterocycles. The Balaban J connectivity index is 1.45. The molecule has 0 unspecified atom stereocenters. The van der Waals surface area contributed by atoms with Gasteiger partial charge in [-0.25, -0.2) is 0 Å². The number of hydrogen-bond donors (Lipinski definition) is 1. The van der Waals surface area contributed by atoms with Crippen molar-refractivity contribution < 1.29 is 14.6 Å². The first-order valence-electron chi connectivity index (χ1n) is 16.9. The van der Waals surface area contributed by atoms with Gasteiger partial charge in [-0.05, 0) is 66.3 Å². The molecule has 2 aromatic heterocycles. The Morgan fingerprint density at radius 2 is 0.706 bits per heavy atom. The van der Waals surface area contributed by atoms with E-state index in [4.69, 9.17) is 9.47 Å². The van der Waals surface area contributed by atoms with Crippen molar-refractivity contribution in [2.45, 2.75) is 0 Å². The van der Waals surface area contributed by atoms with E-state index < -0.39 is 0 Å². The van der Waals surface area contributed by atoms with Crippen LogP contribution in [0.5, 0.6) is 17.2 Å². The fraction of sp³-hybridized carbons (Fsp3) is 0.0435. The van der Waals surface area contributed by atoms with Crippen molar-refractivity contribution >= 4 is 43.1 Å². The van der Waals surface area contributed by atoms with Crippen LogP contribution in [0.3, 0.4) is 0 Å². The number of benzene rings is 7. The van der Waals surface area contributed by atoms with Crippen molar-refractivity contribution in [1.82, 2.24) is 9.97 Å². The smallest absolute Gasteiger partial charge is 0.138 e. The molecule has 0 saturated carbocycles. The number of phenols is 1. The number of nitrogens with zero attached hydrogens (tertiary/aromatic N) is 2. The van der Waals surface area contributed by atoms with E-state index in [2.05, 4.69) is 94.9 Å². The van der Waals surface area contributed by atoms with Crippen LogP contribution in [0.15, 0.2) is 152 Å². The van der Waals surface area contributed by atoms with Gasteiger partial charge in [0.05, 0.1) is 25.3 Å². The maximum atomic E-state index is 13.0. The minimum absolute atomic E-state index is 0.0834. The predicted molar refractivity (Wildman–Crippen MR) is 209 cm³/mol. The molecule has 0 aliphatic carbocycles. The molecule has 0 aliphatic rings. The highest BCUT2D eigenvalue weighted by Gasteiger charge is 2.28. The number of rotatable bonds is 6. The number of pyridine rings is 2. The number of fused-ring (bicyclic) bond motifs is 4. The zero-order valence-electron chi connectivity index (χ0n) is 28.1. The highest BCUT2D eigenvalue weighted by atomic mass is 16.5. The third-order valence-corrected chi connectivity index (χ3v) is 9.93. The zero-order valence-corrected chi connectivity index (χ0v) is 28.1. The molecule has 2 heterocycles. The maximum absolute atomic E-state index is 13.0. The lowest BCUT2D eigenvalue weighted by atomic mass is 9.82. The van der Waals surface area contributed by atoms with Crippen LogP contribution in [0.1, 0.15) is 0 Å². The summed E-state index contributed by atoms with van der Waals surface area (Å²) in [6.07, 6.45) is 7.40. The normalized spacial score (nSPS) is 11.4. The molecule has 1 N–H and O–H groups in total. The third kappa shape index (κ3) is 4.70. The molecule has 51 heavy (non-hydrogen) atoms. The summed E-state index contributed by atoms with van der Waals surface area (Å²) in [5.41, 5.74) is 7.19. The van der Waals surface area contributed by atoms with Gasteiger partial charge >= 0.3 is 0 Å². The van der Waals surface area contributed by atoms with Crippen LogP contribution in [0.25, 0.3) is 87.6 Å². The highest BCUT2D eigenvalue weighted by Crippen LogP contribution is 2.56. The fourth-order valence-corrected chi connectivity index (χ4v) is 7.87. The van der Waals surface area contributed by atoms with Crippen LogP contribution >= 0.6 is 0 Å². The lowest BCUT2D eigenvalue weighted by Gasteiger charge is -2.24. The van der Waals surface area contributed by atoms with Crippen molar-refractivity contribution in [3.63, 3.8) is 0 Å². The van der Waals surface area contributed by atoms with E-state index in [-0.39, 0.29) is 5.75 Å². The van der Waals surface area contributed by atoms with Gasteiger partial charge in [-0.1, -0.05) is 109 Å². The number of methoxy groups -OCH3 is 2. The summed E-state index contributed by atoms with van der Waals surface area (Å²) in [5.74, 6) is 1.11. The SMILES string of the molecule is COc1cc(OC)c(-c2c3ccccc3c(-c3cccnc3)c3ccccc23)c(O)c1-c1c2ccccc2c(-c2cccnc2)c2ccccc12. The van der Waals surface area contributed by atoms with Gasteiger partial charge in [-0.3, -0.25) is 9.97 Å². The summed E-state index contributed by atoms with van der Waals surface area (Å²) in [6.45, 7) is 0. The van der Waals surface area contributed by atoms with Crippen molar-refractivity contribution in [2.75, 3.05) is 14.2 Å². The molecule has 244 valence electrons. The molecule has 0 atom stereocenters. The van der Waals surface area contributed by atoms with Crippen LogP contribution in [0.4, 0.5) is 0 Å². The van der Waals surface area contributed by atoms with Crippen molar-refractivity contribution in [3.05, 3.63) is 152 Å². The summed E-state index contributed by atoms with van der Waals surface area (Å²) in [6, 6.07) is 43.4. The maximum Gasteiger partial charge on any atom is 0.138 e. The molecule has 0 radical (unpaired) electrons. The Kier molecular flexibility index (Phi) is 7.32. The van der Waals surface area contributed by atoms with Gasteiger partial charge in [-0.15, -0.1) is 0 Å². The van der Waals surface area contributed by atoms with Crippen LogP contribution in [-0.2, 0) is 0 Å². The van der Waals surface area contributed by atoms with Gasteiger partial charge in [0.15, 0.2) is 0 Å². The van der Waals surface area contributed by atoms with E-state index in [0.717, 1.165) is 76.5 Å². The van der Waals surface area contributed by atoms with Gasteiger partial charge in [-0.2, -0.15) is 0 Å². The summed E-state index contributed by atoms with van der Waals surface area (Å²) in [7, 11) is 3.28. The first-order chi connectivity index (χ1) is 25.2. The predicted octanol–water partition coefficient (Wildman–Crippen LogP) is 11.5. The Hall–Kier alpha value is -6.72. The molecule has 0 fully saturated rings. The van der Waals surface area contributed by atoms with Crippen LogP contribution in [-0.4, -0.2) is 29.3 Å². The quantitative estimate of drug-likeness (QED) is 0.180. The molecular weight excluding hydrogens is 629 g/mol. The molecule has 9 aromatic rings. The van der Waals surface area contributed by atoms with E-state index >= 15 is 0 Å². The Morgan fingerprint density at radius 1 is 0.392 bits per heavy atom. The van der Waals surface area contributed by atoms with Gasteiger partial charge < -0.3 is 14.6 Å². The molecule has 5 heteroatoms. The van der Waals surface area contributed by atoms with Crippen molar-refractivity contribution in [2.24, 2.45) is 0 Å². The minimum atomic E-state index is 0.0834. The van der Waals surface area contributed by atoms with E-state index in [1.165, 1.54) is 0 Å². The average molecular weight is 661 g/mol. The largest absolute Gasteiger partial charge is 0.506 e.